The molecule has 0 atom stereocenters. The second-order valence-electron chi connectivity index (χ2n) is 3.83. The van der Waals surface area contributed by atoms with Crippen LogP contribution in [0.4, 0.5) is 18.9 Å². The first kappa shape index (κ1) is 14.8. The number of nitrogens with one attached hydrogen (secondary N) is 1. The number of alkyl halides is 2. The van der Waals surface area contributed by atoms with Crippen molar-refractivity contribution >= 4 is 15.5 Å². The van der Waals surface area contributed by atoms with Crippen LogP contribution in [-0.2, 0) is 9.84 Å². The second-order valence-corrected chi connectivity index (χ2v) is 5.84. The zero-order chi connectivity index (χ0) is 14.0. The highest BCUT2D eigenvalue weighted by molar-refractivity contribution is 7.90. The lowest BCUT2D eigenvalue weighted by atomic mass is 10.2. The highest BCUT2D eigenvalue weighted by Gasteiger charge is 2.26. The Morgan fingerprint density at radius 3 is 2.44 bits per heavy atom. The molecule has 0 saturated heterocycles. The van der Waals surface area contributed by atoms with Gasteiger partial charge in [-0.15, -0.1) is 0 Å². The van der Waals surface area contributed by atoms with E-state index in [-0.39, 0.29) is 10.6 Å². The number of sulfone groups is 1. The Bertz CT molecular complexity index is 532. The maximum absolute atomic E-state index is 13.5. The third kappa shape index (κ3) is 3.88. The van der Waals surface area contributed by atoms with Crippen LogP contribution in [0.25, 0.3) is 0 Å². The molecule has 0 aliphatic heterocycles. The van der Waals surface area contributed by atoms with Crippen LogP contribution in [0.15, 0.2) is 23.1 Å². The van der Waals surface area contributed by atoms with Crippen LogP contribution in [0.1, 0.15) is 0 Å². The monoisotopic (exact) mass is 282 g/mol. The van der Waals surface area contributed by atoms with E-state index < -0.39 is 34.7 Å². The van der Waals surface area contributed by atoms with Gasteiger partial charge in [-0.25, -0.2) is 21.6 Å². The molecular formula is C10H13F3N2O2S. The van der Waals surface area contributed by atoms with Crippen molar-refractivity contribution < 1.29 is 21.6 Å². The molecule has 0 spiro atoms. The summed E-state index contributed by atoms with van der Waals surface area (Å²) in [5.74, 6) is -4.06. The maximum atomic E-state index is 13.5. The number of nitrogens with two attached hydrogens (primary N) is 1. The molecule has 0 bridgehead atoms. The summed E-state index contributed by atoms with van der Waals surface area (Å²) in [5, 5.41) is 2.18. The Kier molecular flexibility index (Phi) is 4.23. The molecule has 8 heteroatoms. The standard InChI is InChI=1S/C10H13F3N2O2S/c1-18(16,17)7-2-3-9(8(11)4-7)15-6-10(12,13)5-14/h2-4,15H,5-6,14H2,1H3. The van der Waals surface area contributed by atoms with Crippen LogP contribution in [-0.4, -0.2) is 33.7 Å². The molecule has 4 nitrogen and oxygen atoms in total. The van der Waals surface area contributed by atoms with Crippen molar-refractivity contribution in [3.8, 4) is 0 Å². The summed E-state index contributed by atoms with van der Waals surface area (Å²) in [4.78, 5) is -0.212. The first-order chi connectivity index (χ1) is 8.15. The zero-order valence-corrected chi connectivity index (χ0v) is 10.4. The summed E-state index contributed by atoms with van der Waals surface area (Å²) >= 11 is 0. The number of anilines is 1. The molecule has 0 aliphatic carbocycles. The van der Waals surface area contributed by atoms with Crippen molar-refractivity contribution in [3.63, 3.8) is 0 Å². The van der Waals surface area contributed by atoms with E-state index in [2.05, 4.69) is 5.32 Å². The van der Waals surface area contributed by atoms with Crippen LogP contribution < -0.4 is 11.1 Å². The van der Waals surface area contributed by atoms with Gasteiger partial charge in [0.25, 0.3) is 5.92 Å². The Balaban J connectivity index is 2.88. The van der Waals surface area contributed by atoms with Gasteiger partial charge in [0.15, 0.2) is 9.84 Å². The molecule has 0 radical (unpaired) electrons. The summed E-state index contributed by atoms with van der Waals surface area (Å²) in [6.07, 6.45) is 0.928. The van der Waals surface area contributed by atoms with Crippen LogP contribution >= 0.6 is 0 Å². The molecule has 1 rings (SSSR count). The fourth-order valence-electron chi connectivity index (χ4n) is 1.17. The summed E-state index contributed by atoms with van der Waals surface area (Å²) in [5.41, 5.74) is 4.63. The van der Waals surface area contributed by atoms with Crippen LogP contribution in [0.2, 0.25) is 0 Å². The maximum Gasteiger partial charge on any atom is 0.276 e. The van der Waals surface area contributed by atoms with Gasteiger partial charge < -0.3 is 11.1 Å². The smallest absolute Gasteiger partial charge is 0.276 e. The van der Waals surface area contributed by atoms with Gasteiger partial charge in [-0.2, -0.15) is 0 Å². The van der Waals surface area contributed by atoms with Crippen molar-refractivity contribution in [2.24, 2.45) is 5.73 Å². The van der Waals surface area contributed by atoms with Crippen LogP contribution in [0.5, 0.6) is 0 Å². The fourth-order valence-corrected chi connectivity index (χ4v) is 1.80. The van der Waals surface area contributed by atoms with Crippen molar-refractivity contribution in [3.05, 3.63) is 24.0 Å². The lowest BCUT2D eigenvalue weighted by Crippen LogP contribution is -2.35. The van der Waals surface area contributed by atoms with Crippen LogP contribution in [0.3, 0.4) is 0 Å². The average Bonchev–Trinajstić information content (AvgIpc) is 2.26. The summed E-state index contributed by atoms with van der Waals surface area (Å²) < 4.78 is 61.4. The SMILES string of the molecule is CS(=O)(=O)c1ccc(NCC(F)(F)CN)c(F)c1. The average molecular weight is 282 g/mol. The van der Waals surface area contributed by atoms with E-state index in [0.29, 0.717) is 0 Å². The highest BCUT2D eigenvalue weighted by Crippen LogP contribution is 2.20. The van der Waals surface area contributed by atoms with Crippen LogP contribution in [0, 0.1) is 5.82 Å². The highest BCUT2D eigenvalue weighted by atomic mass is 32.2. The third-order valence-corrected chi connectivity index (χ3v) is 3.32. The van der Waals surface area contributed by atoms with Crippen molar-refractivity contribution in [2.75, 3.05) is 24.7 Å². The molecule has 1 aromatic rings. The van der Waals surface area contributed by atoms with E-state index >= 15 is 0 Å². The molecule has 0 heterocycles. The Morgan fingerprint density at radius 1 is 1.39 bits per heavy atom. The molecule has 18 heavy (non-hydrogen) atoms. The Labute approximate surface area is 103 Å². The molecule has 0 amide bonds. The predicted octanol–water partition coefficient (Wildman–Crippen LogP) is 1.24. The number of hydrogen-bond acceptors (Lipinski definition) is 4. The minimum absolute atomic E-state index is 0.199. The number of halogens is 3. The third-order valence-electron chi connectivity index (χ3n) is 2.20. The van der Waals surface area contributed by atoms with Crippen molar-refractivity contribution in [2.45, 2.75) is 10.8 Å². The fraction of sp³-hybridized carbons (Fsp3) is 0.400. The molecule has 102 valence electrons. The Morgan fingerprint density at radius 2 is 2.00 bits per heavy atom. The van der Waals surface area contributed by atoms with Gasteiger partial charge in [0.1, 0.15) is 5.82 Å². The lowest BCUT2D eigenvalue weighted by molar-refractivity contribution is 0.0253. The summed E-state index contributed by atoms with van der Waals surface area (Å²) in [7, 11) is -3.53. The largest absolute Gasteiger partial charge is 0.377 e. The van der Waals surface area contributed by atoms with Gasteiger partial charge in [-0.05, 0) is 18.2 Å². The first-order valence-electron chi connectivity index (χ1n) is 4.97. The van der Waals surface area contributed by atoms with E-state index in [9.17, 15) is 21.6 Å². The van der Waals surface area contributed by atoms with Gasteiger partial charge in [-0.3, -0.25) is 0 Å². The van der Waals surface area contributed by atoms with Gasteiger partial charge in [0.05, 0.1) is 23.7 Å². The second kappa shape index (κ2) is 5.15. The molecule has 0 saturated carbocycles. The van der Waals surface area contributed by atoms with Crippen molar-refractivity contribution in [1.29, 1.82) is 0 Å². The molecular weight excluding hydrogens is 269 g/mol. The molecule has 1 aromatic carbocycles. The molecule has 0 aliphatic rings. The van der Waals surface area contributed by atoms with E-state index in [1.165, 1.54) is 0 Å². The van der Waals surface area contributed by atoms with Crippen molar-refractivity contribution in [1.82, 2.24) is 0 Å². The number of rotatable bonds is 5. The summed E-state index contributed by atoms with van der Waals surface area (Å²) in [6.45, 7) is -1.68. The van der Waals surface area contributed by atoms with Gasteiger partial charge >= 0.3 is 0 Å². The zero-order valence-electron chi connectivity index (χ0n) is 9.58. The first-order valence-corrected chi connectivity index (χ1v) is 6.86. The minimum Gasteiger partial charge on any atom is -0.377 e. The van der Waals surface area contributed by atoms with Gasteiger partial charge in [0, 0.05) is 6.26 Å². The summed E-state index contributed by atoms with van der Waals surface area (Å²) in [6, 6.07) is 3.01. The molecule has 0 fully saturated rings. The molecule has 0 unspecified atom stereocenters. The van der Waals surface area contributed by atoms with E-state index in [0.717, 1.165) is 24.5 Å². The number of hydrogen-bond donors (Lipinski definition) is 2. The van der Waals surface area contributed by atoms with Gasteiger partial charge in [-0.1, -0.05) is 0 Å². The quantitative estimate of drug-likeness (QED) is 0.852. The Hall–Kier alpha value is -1.28. The van der Waals surface area contributed by atoms with Gasteiger partial charge in [0.2, 0.25) is 0 Å². The van der Waals surface area contributed by atoms with E-state index in [1.54, 1.807) is 0 Å². The lowest BCUT2D eigenvalue weighted by Gasteiger charge is -2.16. The van der Waals surface area contributed by atoms with E-state index in [1.807, 2.05) is 0 Å². The molecule has 3 N–H and O–H groups in total. The normalized spacial score (nSPS) is 12.5. The minimum atomic E-state index is -3.53. The molecule has 0 aromatic heterocycles. The predicted molar refractivity (Wildman–Crippen MR) is 62.0 cm³/mol. The number of benzene rings is 1. The topological polar surface area (TPSA) is 72.2 Å². The van der Waals surface area contributed by atoms with E-state index in [4.69, 9.17) is 5.73 Å².